The Morgan fingerprint density at radius 1 is 0.742 bits per heavy atom. The second-order valence-electron chi connectivity index (χ2n) is 7.69. The molecular formula is C21H38N2O7S. The lowest BCUT2D eigenvalue weighted by molar-refractivity contribution is -0.149. The summed E-state index contributed by atoms with van der Waals surface area (Å²) in [6, 6.07) is -1.19. The molecule has 0 aliphatic carbocycles. The minimum atomic E-state index is -1.28. The quantitative estimate of drug-likeness (QED) is 0.129. The molecule has 9 nitrogen and oxygen atoms in total. The van der Waals surface area contributed by atoms with Crippen LogP contribution in [-0.4, -0.2) is 75.5 Å². The van der Waals surface area contributed by atoms with Gasteiger partial charge in [-0.1, -0.05) is 38.5 Å². The van der Waals surface area contributed by atoms with Crippen LogP contribution >= 0.6 is 12.6 Å². The first-order chi connectivity index (χ1) is 14.8. The molecule has 0 aliphatic heterocycles. The Morgan fingerprint density at radius 3 is 1.74 bits per heavy atom. The Labute approximate surface area is 190 Å². The highest BCUT2D eigenvalue weighted by molar-refractivity contribution is 7.80. The summed E-state index contributed by atoms with van der Waals surface area (Å²) in [6.07, 6.45) is 10.6. The molecule has 0 rings (SSSR count). The normalized spacial score (nSPS) is 11.9. The van der Waals surface area contributed by atoms with E-state index in [0.29, 0.717) is 25.8 Å². The van der Waals surface area contributed by atoms with Crippen molar-refractivity contribution in [1.82, 2.24) is 10.2 Å². The predicted molar refractivity (Wildman–Crippen MR) is 121 cm³/mol. The lowest BCUT2D eigenvalue weighted by atomic mass is 10.1. The Hall–Kier alpha value is -1.81. The van der Waals surface area contributed by atoms with Gasteiger partial charge in [-0.05, 0) is 37.9 Å². The van der Waals surface area contributed by atoms with Crippen LogP contribution in [0.1, 0.15) is 77.0 Å². The summed E-state index contributed by atoms with van der Waals surface area (Å²) in [5, 5.41) is 29.9. The van der Waals surface area contributed by atoms with Crippen LogP contribution in [0, 0.1) is 0 Å². The molecular weight excluding hydrogens is 424 g/mol. The molecule has 0 heterocycles. The SMILES string of the molecule is O=C(O)CN(CC(=O)O)[C@@H](CCCCNC(=O)CCCCCCCCCCS)C(=O)O. The number of carbonyl (C=O) groups excluding carboxylic acids is 1. The molecule has 0 saturated heterocycles. The number of unbranched alkanes of at least 4 members (excludes halogenated alkanes) is 8. The lowest BCUT2D eigenvalue weighted by Gasteiger charge is -2.25. The molecule has 10 heteroatoms. The zero-order chi connectivity index (χ0) is 23.5. The molecule has 0 saturated carbocycles. The van der Waals surface area contributed by atoms with Crippen molar-refractivity contribution in [1.29, 1.82) is 0 Å². The summed E-state index contributed by atoms with van der Waals surface area (Å²) in [5.74, 6) is -2.90. The van der Waals surface area contributed by atoms with E-state index in [4.69, 9.17) is 10.2 Å². The fourth-order valence-corrected chi connectivity index (χ4v) is 3.55. The Kier molecular flexibility index (Phi) is 17.8. The Morgan fingerprint density at radius 2 is 1.26 bits per heavy atom. The Balaban J connectivity index is 3.95. The number of amides is 1. The standard InChI is InChI=1S/C21H38N2O7S/c24-18(12-7-5-3-1-2-4-6-10-14-31)22-13-9-8-11-17(21(29)30)23(15-19(25)26)16-20(27)28/h17,31H,1-16H2,(H,22,24)(H,25,26)(H,27,28)(H,29,30)/t17-/m0/s1. The summed E-state index contributed by atoms with van der Waals surface area (Å²) in [4.78, 5) is 46.0. The van der Waals surface area contributed by atoms with Gasteiger partial charge in [0, 0.05) is 13.0 Å². The van der Waals surface area contributed by atoms with Crippen LogP contribution in [0.2, 0.25) is 0 Å². The number of nitrogens with one attached hydrogen (secondary N) is 1. The van der Waals surface area contributed by atoms with Crippen molar-refractivity contribution < 1.29 is 34.5 Å². The average Bonchev–Trinajstić information content (AvgIpc) is 2.67. The number of hydrogen-bond donors (Lipinski definition) is 5. The van der Waals surface area contributed by atoms with Crippen LogP contribution in [0.5, 0.6) is 0 Å². The molecule has 0 radical (unpaired) electrons. The molecule has 0 aliphatic rings. The highest BCUT2D eigenvalue weighted by Gasteiger charge is 2.28. The van der Waals surface area contributed by atoms with E-state index in [-0.39, 0.29) is 12.3 Å². The van der Waals surface area contributed by atoms with Gasteiger partial charge in [0.1, 0.15) is 6.04 Å². The topological polar surface area (TPSA) is 144 Å². The molecule has 0 aromatic rings. The van der Waals surface area contributed by atoms with E-state index in [0.717, 1.165) is 29.9 Å². The third kappa shape index (κ3) is 17.6. The first-order valence-electron chi connectivity index (χ1n) is 11.1. The number of aliphatic carboxylic acids is 3. The van der Waals surface area contributed by atoms with E-state index in [9.17, 15) is 24.3 Å². The first kappa shape index (κ1) is 29.2. The van der Waals surface area contributed by atoms with E-state index in [1.807, 2.05) is 0 Å². The van der Waals surface area contributed by atoms with E-state index in [2.05, 4.69) is 17.9 Å². The number of hydrogen-bond acceptors (Lipinski definition) is 6. The predicted octanol–water partition coefficient (Wildman–Crippen LogP) is 2.64. The second-order valence-corrected chi connectivity index (χ2v) is 8.14. The molecule has 1 atom stereocenters. The first-order valence-corrected chi connectivity index (χ1v) is 11.7. The molecule has 0 aromatic carbocycles. The molecule has 31 heavy (non-hydrogen) atoms. The highest BCUT2D eigenvalue weighted by Crippen LogP contribution is 2.11. The van der Waals surface area contributed by atoms with Crippen LogP contribution in [0.4, 0.5) is 0 Å². The van der Waals surface area contributed by atoms with Crippen molar-refractivity contribution in [3.63, 3.8) is 0 Å². The molecule has 0 fully saturated rings. The van der Waals surface area contributed by atoms with Gasteiger partial charge in [-0.2, -0.15) is 12.6 Å². The zero-order valence-corrected chi connectivity index (χ0v) is 19.2. The molecule has 1 amide bonds. The minimum Gasteiger partial charge on any atom is -0.480 e. The van der Waals surface area contributed by atoms with Crippen molar-refractivity contribution in [3.8, 4) is 0 Å². The van der Waals surface area contributed by atoms with Crippen LogP contribution in [0.25, 0.3) is 0 Å². The van der Waals surface area contributed by atoms with E-state index in [1.165, 1.54) is 32.1 Å². The van der Waals surface area contributed by atoms with Crippen molar-refractivity contribution >= 4 is 36.4 Å². The maximum atomic E-state index is 11.9. The highest BCUT2D eigenvalue weighted by atomic mass is 32.1. The maximum absolute atomic E-state index is 11.9. The molecule has 0 aromatic heterocycles. The molecule has 0 bridgehead atoms. The fraction of sp³-hybridized carbons (Fsp3) is 0.810. The van der Waals surface area contributed by atoms with Crippen molar-refractivity contribution in [3.05, 3.63) is 0 Å². The maximum Gasteiger partial charge on any atom is 0.320 e. The summed E-state index contributed by atoms with van der Waals surface area (Å²) in [6.45, 7) is -0.903. The number of carbonyl (C=O) groups is 4. The van der Waals surface area contributed by atoms with E-state index < -0.39 is 37.0 Å². The van der Waals surface area contributed by atoms with Crippen LogP contribution in [-0.2, 0) is 19.2 Å². The third-order valence-corrected chi connectivity index (χ3v) is 5.26. The van der Waals surface area contributed by atoms with Gasteiger partial charge < -0.3 is 20.6 Å². The van der Waals surface area contributed by atoms with E-state index >= 15 is 0 Å². The van der Waals surface area contributed by atoms with Gasteiger partial charge >= 0.3 is 17.9 Å². The Bertz CT molecular complexity index is 530. The number of rotatable bonds is 21. The lowest BCUT2D eigenvalue weighted by Crippen LogP contribution is -2.46. The van der Waals surface area contributed by atoms with Crippen molar-refractivity contribution in [2.24, 2.45) is 0 Å². The second kappa shape index (κ2) is 18.9. The smallest absolute Gasteiger partial charge is 0.320 e. The number of thiol groups is 1. The molecule has 180 valence electrons. The van der Waals surface area contributed by atoms with Gasteiger partial charge in [0.15, 0.2) is 0 Å². The minimum absolute atomic E-state index is 0.0260. The summed E-state index contributed by atoms with van der Waals surface area (Å²) in [7, 11) is 0. The van der Waals surface area contributed by atoms with Gasteiger partial charge in [-0.15, -0.1) is 0 Å². The van der Waals surface area contributed by atoms with Gasteiger partial charge in [-0.25, -0.2) is 0 Å². The molecule has 0 spiro atoms. The largest absolute Gasteiger partial charge is 0.480 e. The zero-order valence-electron chi connectivity index (χ0n) is 18.3. The van der Waals surface area contributed by atoms with E-state index in [1.54, 1.807) is 0 Å². The van der Waals surface area contributed by atoms with Gasteiger partial charge in [-0.3, -0.25) is 24.1 Å². The van der Waals surface area contributed by atoms with Gasteiger partial charge in [0.05, 0.1) is 13.1 Å². The summed E-state index contributed by atoms with van der Waals surface area (Å²) >= 11 is 4.19. The van der Waals surface area contributed by atoms with Crippen LogP contribution in [0.3, 0.4) is 0 Å². The number of carboxylic acids is 3. The number of nitrogens with zero attached hydrogens (tertiary/aromatic N) is 1. The monoisotopic (exact) mass is 462 g/mol. The van der Waals surface area contributed by atoms with Crippen LogP contribution in [0.15, 0.2) is 0 Å². The average molecular weight is 463 g/mol. The third-order valence-electron chi connectivity index (χ3n) is 4.94. The summed E-state index contributed by atoms with van der Waals surface area (Å²) < 4.78 is 0. The van der Waals surface area contributed by atoms with Gasteiger partial charge in [0.2, 0.25) is 5.91 Å². The van der Waals surface area contributed by atoms with Gasteiger partial charge in [0.25, 0.3) is 0 Å². The van der Waals surface area contributed by atoms with Crippen molar-refractivity contribution in [2.45, 2.75) is 83.1 Å². The fourth-order valence-electron chi connectivity index (χ4n) is 3.32. The van der Waals surface area contributed by atoms with Crippen LogP contribution < -0.4 is 5.32 Å². The summed E-state index contributed by atoms with van der Waals surface area (Å²) in [5.41, 5.74) is 0. The van der Waals surface area contributed by atoms with Crippen molar-refractivity contribution in [2.75, 3.05) is 25.4 Å². The number of carboxylic acid groups (broad SMARTS) is 3. The molecule has 4 N–H and O–H groups in total. The molecule has 0 unspecified atom stereocenters.